The Morgan fingerprint density at radius 2 is 1.79 bits per heavy atom. The summed E-state index contributed by atoms with van der Waals surface area (Å²) in [6.45, 7) is 2.95. The topological polar surface area (TPSA) is 92.6 Å². The fourth-order valence-electron chi connectivity index (χ4n) is 3.54. The quantitative estimate of drug-likeness (QED) is 0.617. The van der Waals surface area contributed by atoms with Crippen molar-refractivity contribution in [3.05, 3.63) is 75.1 Å². The number of nitrogens with zero attached hydrogens (tertiary/aromatic N) is 2. The van der Waals surface area contributed by atoms with Gasteiger partial charge in [0.15, 0.2) is 0 Å². The van der Waals surface area contributed by atoms with Crippen LogP contribution in [0.15, 0.2) is 42.5 Å². The lowest BCUT2D eigenvalue weighted by atomic mass is 9.96. The number of carbonyl (C=O) groups is 2. The van der Waals surface area contributed by atoms with E-state index in [1.54, 1.807) is 30.0 Å². The minimum atomic E-state index is -0.529. The van der Waals surface area contributed by atoms with Gasteiger partial charge in [-0.3, -0.25) is 19.7 Å². The van der Waals surface area contributed by atoms with Crippen molar-refractivity contribution in [3.8, 4) is 0 Å². The molecule has 1 fully saturated rings. The number of halogens is 1. The molecule has 3 rings (SSSR count). The van der Waals surface area contributed by atoms with Crippen molar-refractivity contribution in [1.82, 2.24) is 10.2 Å². The van der Waals surface area contributed by atoms with Crippen molar-refractivity contribution in [1.29, 1.82) is 0 Å². The van der Waals surface area contributed by atoms with E-state index in [1.807, 2.05) is 0 Å². The molecule has 0 unspecified atom stereocenters. The van der Waals surface area contributed by atoms with Gasteiger partial charge in [0.1, 0.15) is 5.82 Å². The minimum absolute atomic E-state index is 0.0698. The van der Waals surface area contributed by atoms with Gasteiger partial charge in [-0.05, 0) is 43.9 Å². The molecule has 1 aliphatic rings. The molecule has 1 heterocycles. The summed E-state index contributed by atoms with van der Waals surface area (Å²) < 4.78 is 13.8. The zero-order valence-electron chi connectivity index (χ0n) is 16.1. The Morgan fingerprint density at radius 3 is 2.45 bits per heavy atom. The number of rotatable bonds is 5. The third-order valence-corrected chi connectivity index (χ3v) is 5.30. The van der Waals surface area contributed by atoms with Crippen molar-refractivity contribution >= 4 is 17.5 Å². The molecule has 2 amide bonds. The minimum Gasteiger partial charge on any atom is -0.352 e. The first-order chi connectivity index (χ1) is 13.9. The standard InChI is InChI=1S/C21H22FN3O4/c1-14-16(6-4-8-19(14)25(28)29)20(26)23-13-15-9-11-24(12-10-15)21(27)17-5-2-3-7-18(17)22/h2-8,15H,9-13H2,1H3,(H,23,26). The fraction of sp³-hybridized carbons (Fsp3) is 0.333. The molecule has 0 aliphatic carbocycles. The number of nitrogens with one attached hydrogen (secondary N) is 1. The normalized spacial score (nSPS) is 14.5. The highest BCUT2D eigenvalue weighted by Gasteiger charge is 2.26. The molecule has 2 aromatic rings. The van der Waals surface area contributed by atoms with E-state index in [1.165, 1.54) is 24.3 Å². The molecule has 29 heavy (non-hydrogen) atoms. The summed E-state index contributed by atoms with van der Waals surface area (Å²) >= 11 is 0. The van der Waals surface area contributed by atoms with E-state index in [2.05, 4.69) is 5.32 Å². The molecule has 1 saturated heterocycles. The Balaban J connectivity index is 1.53. The summed E-state index contributed by atoms with van der Waals surface area (Å²) in [5.74, 6) is -1.02. The van der Waals surface area contributed by atoms with Gasteiger partial charge in [0.2, 0.25) is 0 Å². The van der Waals surface area contributed by atoms with E-state index < -0.39 is 10.7 Å². The summed E-state index contributed by atoms with van der Waals surface area (Å²) in [5, 5.41) is 13.9. The molecule has 8 heteroatoms. The van der Waals surface area contributed by atoms with Gasteiger partial charge in [0.25, 0.3) is 17.5 Å². The van der Waals surface area contributed by atoms with E-state index in [9.17, 15) is 24.1 Å². The van der Waals surface area contributed by atoms with Crippen LogP contribution in [0.1, 0.15) is 39.1 Å². The first-order valence-electron chi connectivity index (χ1n) is 9.44. The Kier molecular flexibility index (Phi) is 6.21. The largest absolute Gasteiger partial charge is 0.352 e. The smallest absolute Gasteiger partial charge is 0.273 e. The van der Waals surface area contributed by atoms with Crippen LogP contribution in [0.5, 0.6) is 0 Å². The zero-order chi connectivity index (χ0) is 21.0. The van der Waals surface area contributed by atoms with Gasteiger partial charge in [-0.2, -0.15) is 0 Å². The molecule has 0 aromatic heterocycles. The number of amides is 2. The second kappa shape index (κ2) is 8.81. The van der Waals surface area contributed by atoms with Gasteiger partial charge in [0.05, 0.1) is 10.5 Å². The average molecular weight is 399 g/mol. The molecule has 1 aliphatic heterocycles. The molecule has 152 valence electrons. The van der Waals surface area contributed by atoms with E-state index in [-0.39, 0.29) is 34.5 Å². The molecule has 0 spiro atoms. The third kappa shape index (κ3) is 4.59. The number of nitro benzene ring substituents is 1. The van der Waals surface area contributed by atoms with Crippen LogP contribution in [0.4, 0.5) is 10.1 Å². The van der Waals surface area contributed by atoms with Crippen LogP contribution in [0, 0.1) is 28.8 Å². The lowest BCUT2D eigenvalue weighted by Crippen LogP contribution is -2.41. The zero-order valence-corrected chi connectivity index (χ0v) is 16.1. The van der Waals surface area contributed by atoms with Crippen LogP contribution in [0.25, 0.3) is 0 Å². The Morgan fingerprint density at radius 1 is 1.14 bits per heavy atom. The van der Waals surface area contributed by atoms with Crippen molar-refractivity contribution in [2.24, 2.45) is 5.92 Å². The maximum Gasteiger partial charge on any atom is 0.273 e. The Labute approximate surface area is 167 Å². The summed E-state index contributed by atoms with van der Waals surface area (Å²) in [4.78, 5) is 37.1. The molecule has 0 saturated carbocycles. The molecule has 0 bridgehead atoms. The maximum absolute atomic E-state index is 13.8. The molecule has 1 N–H and O–H groups in total. The maximum atomic E-state index is 13.8. The molecular weight excluding hydrogens is 377 g/mol. The number of likely N-dealkylation sites (tertiary alicyclic amines) is 1. The average Bonchev–Trinajstić information content (AvgIpc) is 2.72. The highest BCUT2D eigenvalue weighted by molar-refractivity contribution is 5.96. The number of hydrogen-bond acceptors (Lipinski definition) is 4. The van der Waals surface area contributed by atoms with E-state index in [0.717, 1.165) is 0 Å². The molecule has 2 aromatic carbocycles. The lowest BCUT2D eigenvalue weighted by molar-refractivity contribution is -0.385. The monoisotopic (exact) mass is 399 g/mol. The second-order valence-electron chi connectivity index (χ2n) is 7.13. The first-order valence-corrected chi connectivity index (χ1v) is 9.44. The number of hydrogen-bond donors (Lipinski definition) is 1. The number of benzene rings is 2. The predicted molar refractivity (Wildman–Crippen MR) is 105 cm³/mol. The highest BCUT2D eigenvalue weighted by Crippen LogP contribution is 2.22. The lowest BCUT2D eigenvalue weighted by Gasteiger charge is -2.32. The summed E-state index contributed by atoms with van der Waals surface area (Å²) in [5.41, 5.74) is 0.602. The summed E-state index contributed by atoms with van der Waals surface area (Å²) in [7, 11) is 0. The van der Waals surface area contributed by atoms with Gasteiger partial charge in [-0.15, -0.1) is 0 Å². The fourth-order valence-corrected chi connectivity index (χ4v) is 3.54. The molecule has 0 radical (unpaired) electrons. The van der Waals surface area contributed by atoms with Gasteiger partial charge >= 0.3 is 0 Å². The van der Waals surface area contributed by atoms with Crippen LogP contribution in [-0.4, -0.2) is 41.3 Å². The van der Waals surface area contributed by atoms with Gasteiger partial charge in [-0.25, -0.2) is 4.39 Å². The SMILES string of the molecule is Cc1c(C(=O)NCC2CCN(C(=O)c3ccccc3F)CC2)cccc1[N+](=O)[O-]. The predicted octanol–water partition coefficient (Wildman–Crippen LogP) is 3.32. The van der Waals surface area contributed by atoms with Crippen LogP contribution < -0.4 is 5.32 Å². The summed E-state index contributed by atoms with van der Waals surface area (Å²) in [6, 6.07) is 10.4. The van der Waals surface area contributed by atoms with E-state index >= 15 is 0 Å². The first kappa shape index (κ1) is 20.4. The summed E-state index contributed by atoms with van der Waals surface area (Å²) in [6.07, 6.45) is 1.38. The van der Waals surface area contributed by atoms with Gasteiger partial charge in [-0.1, -0.05) is 18.2 Å². The number of piperidine rings is 1. The van der Waals surface area contributed by atoms with Crippen LogP contribution >= 0.6 is 0 Å². The highest BCUT2D eigenvalue weighted by atomic mass is 19.1. The molecule has 0 atom stereocenters. The van der Waals surface area contributed by atoms with Gasteiger partial charge < -0.3 is 10.2 Å². The number of nitro groups is 1. The molecule has 7 nitrogen and oxygen atoms in total. The van der Waals surface area contributed by atoms with Crippen molar-refractivity contribution in [2.75, 3.05) is 19.6 Å². The van der Waals surface area contributed by atoms with Crippen molar-refractivity contribution < 1.29 is 18.9 Å². The van der Waals surface area contributed by atoms with E-state index in [4.69, 9.17) is 0 Å². The van der Waals surface area contributed by atoms with Crippen LogP contribution in [-0.2, 0) is 0 Å². The van der Waals surface area contributed by atoms with Crippen molar-refractivity contribution in [3.63, 3.8) is 0 Å². The Bertz CT molecular complexity index is 939. The Hall–Kier alpha value is -3.29. The van der Waals surface area contributed by atoms with E-state index in [0.29, 0.717) is 38.0 Å². The van der Waals surface area contributed by atoms with Crippen LogP contribution in [0.3, 0.4) is 0 Å². The van der Waals surface area contributed by atoms with Crippen LogP contribution in [0.2, 0.25) is 0 Å². The van der Waals surface area contributed by atoms with Gasteiger partial charge in [0, 0.05) is 36.8 Å². The van der Waals surface area contributed by atoms with Crippen molar-refractivity contribution in [2.45, 2.75) is 19.8 Å². The second-order valence-corrected chi connectivity index (χ2v) is 7.13. The molecular formula is C21H22FN3O4. The number of carbonyl (C=O) groups excluding carboxylic acids is 2. The third-order valence-electron chi connectivity index (χ3n) is 5.30.